The van der Waals surface area contributed by atoms with Crippen LogP contribution in [0.25, 0.3) is 0 Å². The van der Waals surface area contributed by atoms with Gasteiger partial charge in [0.05, 0.1) is 11.7 Å². The van der Waals surface area contributed by atoms with Crippen LogP contribution in [0.5, 0.6) is 11.5 Å². The Morgan fingerprint density at radius 1 is 0.841 bits per heavy atom. The van der Waals surface area contributed by atoms with E-state index in [9.17, 15) is 18.1 Å². The summed E-state index contributed by atoms with van der Waals surface area (Å²) in [6, 6.07) is 2.96. The molecule has 4 saturated carbocycles. The van der Waals surface area contributed by atoms with Crippen LogP contribution in [0.2, 0.25) is 0 Å². The van der Waals surface area contributed by atoms with E-state index in [1.54, 1.807) is 0 Å². The van der Waals surface area contributed by atoms with E-state index in [1.807, 2.05) is 0 Å². The van der Waals surface area contributed by atoms with Crippen molar-refractivity contribution in [2.45, 2.75) is 143 Å². The molecule has 1 saturated heterocycles. The molecule has 1 N–H and O–H groups in total. The van der Waals surface area contributed by atoms with Crippen LogP contribution in [-0.4, -0.2) is 29.8 Å². The number of benzene rings is 1. The molecule has 6 aliphatic rings. The van der Waals surface area contributed by atoms with E-state index in [0.29, 0.717) is 35.7 Å². The standard InChI is InChI=1S/C36H54O6S.Na/c1-31(2)15-8-16-36(7)27(31)13-19-35(6)29(41-36)14-20-34(35,5)24-12-17-32(3)23(24)11-18-33(4)28(32)21-22-25(37)9-10-26(30(22)33)42-43(38,39)40;/h9-10,23-24,27-29,37H,8,11-21H2,1-7H3,(H,38,39,40);/q;+1/p-1/t23?,24?,27?,28?,29?,32-,33+,34-,35-,36+;/m1./s1. The van der Waals surface area contributed by atoms with Crippen molar-refractivity contribution >= 4 is 10.4 Å². The van der Waals surface area contributed by atoms with Gasteiger partial charge < -0.3 is 18.6 Å². The van der Waals surface area contributed by atoms with Gasteiger partial charge in [0.1, 0.15) is 11.5 Å². The van der Waals surface area contributed by atoms with Crippen LogP contribution in [0.15, 0.2) is 12.1 Å². The van der Waals surface area contributed by atoms with Crippen LogP contribution in [0.1, 0.15) is 130 Å². The average molecular weight is 637 g/mol. The van der Waals surface area contributed by atoms with Crippen molar-refractivity contribution in [3.05, 3.63) is 23.3 Å². The Morgan fingerprint density at radius 3 is 2.23 bits per heavy atom. The number of phenolic OH excluding ortho intramolecular Hbond substituents is 1. The molecule has 44 heavy (non-hydrogen) atoms. The van der Waals surface area contributed by atoms with Crippen LogP contribution in [0.3, 0.4) is 0 Å². The van der Waals surface area contributed by atoms with Crippen molar-refractivity contribution in [1.29, 1.82) is 0 Å². The van der Waals surface area contributed by atoms with Crippen LogP contribution < -0.4 is 33.7 Å². The number of aromatic hydroxyl groups is 1. The summed E-state index contributed by atoms with van der Waals surface area (Å²) >= 11 is 0. The van der Waals surface area contributed by atoms with Gasteiger partial charge in [0, 0.05) is 16.5 Å². The molecule has 0 aromatic heterocycles. The second kappa shape index (κ2) is 10.3. The van der Waals surface area contributed by atoms with E-state index in [4.69, 9.17) is 8.92 Å². The summed E-state index contributed by atoms with van der Waals surface area (Å²) in [5.74, 6) is 2.32. The Kier molecular flexibility index (Phi) is 7.90. The summed E-state index contributed by atoms with van der Waals surface area (Å²) in [7, 11) is -4.92. The molecule has 1 aliphatic heterocycles. The van der Waals surface area contributed by atoms with E-state index in [1.165, 1.54) is 57.1 Å². The van der Waals surface area contributed by atoms with Gasteiger partial charge in [0.2, 0.25) is 0 Å². The predicted octanol–water partition coefficient (Wildman–Crippen LogP) is 5.06. The minimum atomic E-state index is -4.92. The van der Waals surface area contributed by atoms with Crippen molar-refractivity contribution < 1.29 is 56.6 Å². The molecule has 240 valence electrons. The minimum absolute atomic E-state index is 0. The fourth-order valence-corrected chi connectivity index (χ4v) is 13.7. The van der Waals surface area contributed by atoms with Crippen LogP contribution in [0, 0.1) is 45.3 Å². The average Bonchev–Trinajstić information content (AvgIpc) is 3.46. The Bertz CT molecular complexity index is 1440. The molecule has 1 heterocycles. The SMILES string of the molecule is CC1(C)CCC[C@]2(C)OC3CC[C@](C)(C4CC[C@]5(C)C4CC[C@]4(C)c6c(OS(=O)(=O)[O-])ccc(O)c6CC54)[C@]3(C)CCC12.[Na+]. The molecule has 6 nitrogen and oxygen atoms in total. The first kappa shape index (κ1) is 33.6. The Labute approximate surface area is 288 Å². The quantitative estimate of drug-likeness (QED) is 0.283. The molecule has 5 aliphatic carbocycles. The molecule has 7 rings (SSSR count). The van der Waals surface area contributed by atoms with E-state index in [2.05, 4.69) is 48.5 Å². The van der Waals surface area contributed by atoms with Gasteiger partial charge in [0.25, 0.3) is 10.4 Å². The Morgan fingerprint density at radius 2 is 1.52 bits per heavy atom. The van der Waals surface area contributed by atoms with Gasteiger partial charge in [-0.1, -0.05) is 48.0 Å². The third kappa shape index (κ3) is 4.51. The fraction of sp³-hybridized carbons (Fsp3) is 0.833. The monoisotopic (exact) mass is 636 g/mol. The third-order valence-corrected chi connectivity index (χ3v) is 16.0. The van der Waals surface area contributed by atoms with Gasteiger partial charge in [-0.25, -0.2) is 8.42 Å². The van der Waals surface area contributed by atoms with Crippen molar-refractivity contribution in [1.82, 2.24) is 0 Å². The van der Waals surface area contributed by atoms with Crippen molar-refractivity contribution in [2.75, 3.05) is 0 Å². The molecule has 1 aromatic carbocycles. The second-order valence-corrected chi connectivity index (χ2v) is 18.6. The van der Waals surface area contributed by atoms with E-state index < -0.39 is 10.4 Å². The summed E-state index contributed by atoms with van der Waals surface area (Å²) in [5, 5.41) is 10.9. The summed E-state index contributed by atoms with van der Waals surface area (Å²) in [6.07, 6.45) is 13.9. The Hall–Kier alpha value is -0.310. The van der Waals surface area contributed by atoms with Crippen LogP contribution >= 0.6 is 0 Å². The number of rotatable bonds is 3. The summed E-state index contributed by atoms with van der Waals surface area (Å²) in [4.78, 5) is 0. The van der Waals surface area contributed by atoms with E-state index in [0.717, 1.165) is 36.8 Å². The van der Waals surface area contributed by atoms with Crippen LogP contribution in [-0.2, 0) is 27.0 Å². The topological polar surface area (TPSA) is 95.9 Å². The number of hydrogen-bond donors (Lipinski definition) is 1. The number of phenols is 1. The normalized spacial score (nSPS) is 47.3. The molecule has 5 unspecified atom stereocenters. The largest absolute Gasteiger partial charge is 1.00 e. The van der Waals surface area contributed by atoms with Crippen molar-refractivity contribution in [3.63, 3.8) is 0 Å². The number of fused-ring (bicyclic) bond motifs is 7. The molecular weight excluding hydrogens is 583 g/mol. The summed E-state index contributed by atoms with van der Waals surface area (Å²) < 4.78 is 47.4. The molecule has 0 spiro atoms. The van der Waals surface area contributed by atoms with E-state index >= 15 is 0 Å². The zero-order valence-electron chi connectivity index (χ0n) is 28.4. The maximum Gasteiger partial charge on any atom is 1.00 e. The van der Waals surface area contributed by atoms with Gasteiger partial charge in [-0.3, -0.25) is 0 Å². The molecule has 1 aromatic rings. The van der Waals surface area contributed by atoms with Crippen molar-refractivity contribution in [3.8, 4) is 11.5 Å². The molecule has 0 amide bonds. The first-order valence-electron chi connectivity index (χ1n) is 17.1. The first-order valence-corrected chi connectivity index (χ1v) is 18.4. The summed E-state index contributed by atoms with van der Waals surface area (Å²) in [6.45, 7) is 17.3. The van der Waals surface area contributed by atoms with Gasteiger partial charge in [-0.15, -0.1) is 0 Å². The van der Waals surface area contributed by atoms with Crippen molar-refractivity contribution in [2.24, 2.45) is 45.3 Å². The number of ether oxygens (including phenoxy) is 1. The molecule has 0 radical (unpaired) electrons. The molecule has 0 bridgehead atoms. The maximum absolute atomic E-state index is 11.7. The fourth-order valence-electron chi connectivity index (χ4n) is 13.3. The first-order chi connectivity index (χ1) is 19.9. The van der Waals surface area contributed by atoms with Gasteiger partial charge >= 0.3 is 29.6 Å². The Balaban J connectivity index is 0.00000343. The van der Waals surface area contributed by atoms with Gasteiger partial charge in [-0.2, -0.15) is 0 Å². The minimum Gasteiger partial charge on any atom is -0.716 e. The zero-order chi connectivity index (χ0) is 31.0. The maximum atomic E-state index is 11.7. The summed E-state index contributed by atoms with van der Waals surface area (Å²) in [5.41, 5.74) is 1.85. The molecule has 10 atom stereocenters. The molecule has 5 fully saturated rings. The molecular formula is C36H53NaO6S. The molecule has 8 heteroatoms. The predicted molar refractivity (Wildman–Crippen MR) is 166 cm³/mol. The van der Waals surface area contributed by atoms with Gasteiger partial charge in [-0.05, 0) is 135 Å². The smallest absolute Gasteiger partial charge is 0.716 e. The van der Waals surface area contributed by atoms with Gasteiger partial charge in [0.15, 0.2) is 0 Å². The zero-order valence-corrected chi connectivity index (χ0v) is 31.2. The number of hydrogen-bond acceptors (Lipinski definition) is 6. The van der Waals surface area contributed by atoms with E-state index in [-0.39, 0.29) is 74.2 Å². The second-order valence-electron chi connectivity index (χ2n) is 17.6. The third-order valence-electron chi connectivity index (χ3n) is 15.6. The van der Waals surface area contributed by atoms with Crippen LogP contribution in [0.4, 0.5) is 0 Å².